The molecular formula is C22H29N3O5S2. The molecule has 1 aromatic heterocycles. The fraction of sp³-hybridized carbons (Fsp3) is 0.500. The van der Waals surface area contributed by atoms with Crippen molar-refractivity contribution in [3.63, 3.8) is 0 Å². The largest absolute Gasteiger partial charge is 0.376 e. The van der Waals surface area contributed by atoms with Crippen LogP contribution in [-0.4, -0.2) is 67.5 Å². The van der Waals surface area contributed by atoms with Gasteiger partial charge in [0.15, 0.2) is 0 Å². The van der Waals surface area contributed by atoms with Crippen LogP contribution in [0.5, 0.6) is 0 Å². The van der Waals surface area contributed by atoms with E-state index in [1.165, 1.54) is 23.0 Å². The average molecular weight is 480 g/mol. The van der Waals surface area contributed by atoms with Crippen LogP contribution >= 0.6 is 11.8 Å². The van der Waals surface area contributed by atoms with Gasteiger partial charge in [-0.3, -0.25) is 4.79 Å². The van der Waals surface area contributed by atoms with Crippen LogP contribution in [0.4, 0.5) is 5.69 Å². The Labute approximate surface area is 193 Å². The number of carbonyl (C=O) groups excluding carboxylic acids is 1. The normalized spacial score (nSPS) is 20.2. The predicted molar refractivity (Wildman–Crippen MR) is 125 cm³/mol. The van der Waals surface area contributed by atoms with Crippen molar-refractivity contribution >= 4 is 33.4 Å². The van der Waals surface area contributed by atoms with Crippen molar-refractivity contribution in [2.45, 2.75) is 36.9 Å². The lowest BCUT2D eigenvalue weighted by atomic mass is 10.1. The van der Waals surface area contributed by atoms with Gasteiger partial charge in [0.1, 0.15) is 10.6 Å². The minimum atomic E-state index is -3.59. The zero-order chi connectivity index (χ0) is 22.4. The molecule has 8 nitrogen and oxygen atoms in total. The number of sulfonamides is 1. The van der Waals surface area contributed by atoms with Crippen LogP contribution in [0, 0.1) is 0 Å². The Morgan fingerprint density at radius 1 is 1.25 bits per heavy atom. The number of aromatic amines is 1. The second-order valence-corrected chi connectivity index (χ2v) is 11.1. The number of amides is 1. The summed E-state index contributed by atoms with van der Waals surface area (Å²) >= 11 is 1.74. The lowest BCUT2D eigenvalue weighted by molar-refractivity contribution is -0.0447. The molecule has 0 radical (unpaired) electrons. The van der Waals surface area contributed by atoms with Gasteiger partial charge in [0, 0.05) is 43.1 Å². The smallest absolute Gasteiger partial charge is 0.272 e. The fourth-order valence-corrected chi connectivity index (χ4v) is 6.35. The summed E-state index contributed by atoms with van der Waals surface area (Å²) in [6, 6.07) is 8.82. The number of nitrogens with zero attached hydrogens (tertiary/aromatic N) is 1. The van der Waals surface area contributed by atoms with Gasteiger partial charge in [-0.05, 0) is 43.0 Å². The minimum absolute atomic E-state index is 0.113. The molecule has 0 bridgehead atoms. The standard InChI is InChI=1S/C22H29N3O5S2/c26-22(21-13-20(14-23-21)32(27,28)25-7-10-31-11-8-25)24-18-5-3-4-17(12-18)15-29-16-19-6-1-2-9-30-19/h3-5,12-14,19,23H,1-2,6-11,15-16H2,(H,24,26). The van der Waals surface area contributed by atoms with Gasteiger partial charge in [0.2, 0.25) is 10.0 Å². The SMILES string of the molecule is O=C(Nc1cccc(COCC2CCCCO2)c1)c1cc(S(=O)(=O)N2CCSCC2)c[nH]1. The lowest BCUT2D eigenvalue weighted by Gasteiger charge is -2.24. The van der Waals surface area contributed by atoms with Gasteiger partial charge in [0.25, 0.3) is 5.91 Å². The van der Waals surface area contributed by atoms with E-state index in [9.17, 15) is 13.2 Å². The van der Waals surface area contributed by atoms with Crippen LogP contribution in [0.25, 0.3) is 0 Å². The number of H-pyrrole nitrogens is 1. The van der Waals surface area contributed by atoms with Crippen molar-refractivity contribution in [2.24, 2.45) is 0 Å². The van der Waals surface area contributed by atoms with E-state index in [4.69, 9.17) is 9.47 Å². The number of nitrogens with one attached hydrogen (secondary N) is 2. The van der Waals surface area contributed by atoms with E-state index in [1.807, 2.05) is 18.2 Å². The molecule has 1 amide bonds. The highest BCUT2D eigenvalue weighted by Gasteiger charge is 2.27. The number of aromatic nitrogens is 1. The molecule has 1 unspecified atom stereocenters. The van der Waals surface area contributed by atoms with E-state index in [1.54, 1.807) is 17.8 Å². The molecule has 32 heavy (non-hydrogen) atoms. The first-order valence-electron chi connectivity index (χ1n) is 10.9. The van der Waals surface area contributed by atoms with E-state index < -0.39 is 15.9 Å². The summed E-state index contributed by atoms with van der Waals surface area (Å²) in [6.07, 6.45) is 4.86. The van der Waals surface area contributed by atoms with E-state index in [0.717, 1.165) is 36.5 Å². The highest BCUT2D eigenvalue weighted by Crippen LogP contribution is 2.22. The molecule has 2 N–H and O–H groups in total. The first-order chi connectivity index (χ1) is 15.5. The summed E-state index contributed by atoms with van der Waals surface area (Å²) < 4.78 is 38.5. The molecule has 2 saturated heterocycles. The fourth-order valence-electron chi connectivity index (χ4n) is 3.77. The van der Waals surface area contributed by atoms with Crippen molar-refractivity contribution < 1.29 is 22.7 Å². The van der Waals surface area contributed by atoms with Gasteiger partial charge in [-0.2, -0.15) is 16.1 Å². The predicted octanol–water partition coefficient (Wildman–Crippen LogP) is 3.09. The quantitative estimate of drug-likeness (QED) is 0.604. The minimum Gasteiger partial charge on any atom is -0.376 e. The van der Waals surface area contributed by atoms with Gasteiger partial charge in [0.05, 0.1) is 19.3 Å². The third-order valence-corrected chi connectivity index (χ3v) is 8.36. The van der Waals surface area contributed by atoms with Crippen LogP contribution in [0.1, 0.15) is 35.3 Å². The second kappa shape index (κ2) is 10.8. The molecule has 2 aromatic rings. The highest BCUT2D eigenvalue weighted by molar-refractivity contribution is 7.99. The topological polar surface area (TPSA) is 101 Å². The maximum atomic E-state index is 12.8. The molecule has 0 saturated carbocycles. The van der Waals surface area contributed by atoms with E-state index in [0.29, 0.717) is 32.0 Å². The Hall–Kier alpha value is -1.85. The highest BCUT2D eigenvalue weighted by atomic mass is 32.2. The Kier molecular flexibility index (Phi) is 7.90. The Morgan fingerprint density at radius 2 is 2.09 bits per heavy atom. The first-order valence-corrected chi connectivity index (χ1v) is 13.5. The average Bonchev–Trinajstić information content (AvgIpc) is 3.32. The third-order valence-electron chi connectivity index (χ3n) is 5.54. The number of ether oxygens (including phenoxy) is 2. The van der Waals surface area contributed by atoms with Gasteiger partial charge in [-0.1, -0.05) is 12.1 Å². The van der Waals surface area contributed by atoms with Crippen molar-refractivity contribution in [1.82, 2.24) is 9.29 Å². The number of hydrogen-bond acceptors (Lipinski definition) is 6. The number of thioether (sulfide) groups is 1. The van der Waals surface area contributed by atoms with Crippen molar-refractivity contribution in [1.29, 1.82) is 0 Å². The Balaban J connectivity index is 1.33. The number of carbonyl (C=O) groups is 1. The first kappa shape index (κ1) is 23.3. The summed E-state index contributed by atoms with van der Waals surface area (Å²) in [7, 11) is -3.59. The summed E-state index contributed by atoms with van der Waals surface area (Å²) in [6.45, 7) is 2.77. The molecule has 1 aromatic carbocycles. The molecule has 2 aliphatic rings. The monoisotopic (exact) mass is 479 g/mol. The third kappa shape index (κ3) is 5.93. The zero-order valence-electron chi connectivity index (χ0n) is 17.9. The molecule has 2 aliphatic heterocycles. The number of rotatable bonds is 8. The molecule has 2 fully saturated rings. The van der Waals surface area contributed by atoms with Crippen LogP contribution < -0.4 is 5.32 Å². The van der Waals surface area contributed by atoms with E-state index in [2.05, 4.69) is 10.3 Å². The molecule has 174 valence electrons. The van der Waals surface area contributed by atoms with E-state index >= 15 is 0 Å². The van der Waals surface area contributed by atoms with Gasteiger partial charge in [-0.25, -0.2) is 8.42 Å². The summed E-state index contributed by atoms with van der Waals surface area (Å²) in [5, 5.41) is 2.82. The van der Waals surface area contributed by atoms with Crippen LogP contribution in [0.2, 0.25) is 0 Å². The van der Waals surface area contributed by atoms with Gasteiger partial charge >= 0.3 is 0 Å². The zero-order valence-corrected chi connectivity index (χ0v) is 19.6. The van der Waals surface area contributed by atoms with Crippen molar-refractivity contribution in [3.8, 4) is 0 Å². The summed E-state index contributed by atoms with van der Waals surface area (Å²) in [5.74, 6) is 1.17. The molecule has 1 atom stereocenters. The maximum absolute atomic E-state index is 12.8. The molecule has 0 aliphatic carbocycles. The maximum Gasteiger partial charge on any atom is 0.272 e. The van der Waals surface area contributed by atoms with Crippen molar-refractivity contribution in [2.75, 3.05) is 43.1 Å². The summed E-state index contributed by atoms with van der Waals surface area (Å²) in [5.41, 5.74) is 1.76. The Morgan fingerprint density at radius 3 is 2.88 bits per heavy atom. The molecule has 10 heteroatoms. The molecule has 4 rings (SSSR count). The lowest BCUT2D eigenvalue weighted by Crippen LogP contribution is -2.37. The summed E-state index contributed by atoms with van der Waals surface area (Å²) in [4.78, 5) is 15.6. The number of hydrogen-bond donors (Lipinski definition) is 2. The molecular weight excluding hydrogens is 450 g/mol. The van der Waals surface area contributed by atoms with Crippen molar-refractivity contribution in [3.05, 3.63) is 47.8 Å². The van der Waals surface area contributed by atoms with Crippen LogP contribution in [-0.2, 0) is 26.1 Å². The number of anilines is 1. The van der Waals surface area contributed by atoms with Gasteiger partial charge < -0.3 is 19.8 Å². The van der Waals surface area contributed by atoms with Crippen LogP contribution in [0.15, 0.2) is 41.4 Å². The molecule has 3 heterocycles. The molecule has 0 spiro atoms. The second-order valence-electron chi connectivity index (χ2n) is 7.92. The Bertz CT molecular complexity index is 1010. The van der Waals surface area contributed by atoms with E-state index in [-0.39, 0.29) is 16.7 Å². The van der Waals surface area contributed by atoms with Gasteiger partial charge in [-0.15, -0.1) is 0 Å². The number of benzene rings is 1. The van der Waals surface area contributed by atoms with Crippen LogP contribution in [0.3, 0.4) is 0 Å².